The minimum Gasteiger partial charge on any atom is -0.376 e. The zero-order valence-corrected chi connectivity index (χ0v) is 23.4. The number of carbonyl (C=O) groups excluding carboxylic acids is 2. The van der Waals surface area contributed by atoms with Crippen LogP contribution in [0.2, 0.25) is 5.02 Å². The highest BCUT2D eigenvalue weighted by atomic mass is 35.5. The smallest absolute Gasteiger partial charge is 0.251 e. The second kappa shape index (κ2) is 11.7. The molecule has 3 N–H and O–H groups in total. The summed E-state index contributed by atoms with van der Waals surface area (Å²) in [4.78, 5) is 38.5. The first-order chi connectivity index (χ1) is 18.4. The van der Waals surface area contributed by atoms with E-state index in [1.165, 1.54) is 16.7 Å². The fraction of sp³-hybridized carbons (Fsp3) is 0.367. The predicted molar refractivity (Wildman–Crippen MR) is 152 cm³/mol. The van der Waals surface area contributed by atoms with Crippen LogP contribution in [0.25, 0.3) is 11.1 Å². The van der Waals surface area contributed by atoms with Crippen molar-refractivity contribution in [1.29, 1.82) is 0 Å². The molecule has 2 unspecified atom stereocenters. The van der Waals surface area contributed by atoms with E-state index in [9.17, 15) is 14.4 Å². The maximum Gasteiger partial charge on any atom is 0.251 e. The van der Waals surface area contributed by atoms with Gasteiger partial charge in [0.15, 0.2) is 0 Å². The minimum atomic E-state index is -0.859. The number of hydrogen-bond donors (Lipinski definition) is 2. The van der Waals surface area contributed by atoms with Crippen LogP contribution in [0.3, 0.4) is 0 Å². The van der Waals surface area contributed by atoms with Crippen molar-refractivity contribution in [3.63, 3.8) is 0 Å². The normalized spacial score (nSPS) is 15.9. The molecule has 1 aromatic heterocycles. The number of benzene rings is 2. The van der Waals surface area contributed by atoms with Gasteiger partial charge in [-0.2, -0.15) is 0 Å². The minimum absolute atomic E-state index is 0.0406. The SMILES string of the molecule is CC1Cc2ccc(Cl)cc2-c2cc(=O)n(C(CCOC(C)(C)C)C(=O)Nc3ccc(C(N)=O)cc3)cc2CO1. The first kappa shape index (κ1) is 28.5. The summed E-state index contributed by atoms with van der Waals surface area (Å²) in [6.45, 7) is 8.34. The maximum atomic E-state index is 13.6. The summed E-state index contributed by atoms with van der Waals surface area (Å²) in [6, 6.07) is 12.6. The average molecular weight is 552 g/mol. The Morgan fingerprint density at radius 3 is 2.49 bits per heavy atom. The van der Waals surface area contributed by atoms with Crippen LogP contribution in [0.5, 0.6) is 0 Å². The van der Waals surface area contributed by atoms with Crippen LogP contribution < -0.4 is 16.6 Å². The molecule has 1 aliphatic rings. The lowest BCUT2D eigenvalue weighted by Gasteiger charge is -2.26. The Labute approximate surface area is 233 Å². The first-order valence-electron chi connectivity index (χ1n) is 12.9. The molecule has 2 amide bonds. The Kier molecular flexibility index (Phi) is 8.59. The molecule has 206 valence electrons. The van der Waals surface area contributed by atoms with E-state index in [4.69, 9.17) is 26.8 Å². The fourth-order valence-electron chi connectivity index (χ4n) is 4.60. The number of halogens is 1. The Morgan fingerprint density at radius 1 is 1.13 bits per heavy atom. The molecule has 9 heteroatoms. The van der Waals surface area contributed by atoms with Crippen molar-refractivity contribution in [2.45, 2.75) is 64.9 Å². The molecule has 4 rings (SSSR count). The third kappa shape index (κ3) is 7.15. The van der Waals surface area contributed by atoms with Crippen molar-refractivity contribution in [2.24, 2.45) is 5.73 Å². The monoisotopic (exact) mass is 551 g/mol. The molecule has 0 spiro atoms. The fourth-order valence-corrected chi connectivity index (χ4v) is 4.77. The van der Waals surface area contributed by atoms with Crippen molar-refractivity contribution in [2.75, 3.05) is 11.9 Å². The van der Waals surface area contributed by atoms with Gasteiger partial charge in [-0.25, -0.2) is 0 Å². The van der Waals surface area contributed by atoms with Gasteiger partial charge < -0.3 is 25.1 Å². The number of amides is 2. The average Bonchev–Trinajstić information content (AvgIpc) is 2.86. The van der Waals surface area contributed by atoms with E-state index in [0.29, 0.717) is 22.7 Å². The van der Waals surface area contributed by atoms with Gasteiger partial charge in [-0.3, -0.25) is 14.4 Å². The van der Waals surface area contributed by atoms with E-state index in [-0.39, 0.29) is 37.2 Å². The van der Waals surface area contributed by atoms with Crippen molar-refractivity contribution in [1.82, 2.24) is 4.57 Å². The predicted octanol–water partition coefficient (Wildman–Crippen LogP) is 5.11. The summed E-state index contributed by atoms with van der Waals surface area (Å²) in [6.07, 6.45) is 2.62. The Bertz CT molecular complexity index is 1430. The lowest BCUT2D eigenvalue weighted by atomic mass is 9.92. The van der Waals surface area contributed by atoms with Crippen molar-refractivity contribution < 1.29 is 19.1 Å². The number of nitrogens with one attached hydrogen (secondary N) is 1. The lowest BCUT2D eigenvalue weighted by Crippen LogP contribution is -2.35. The number of fused-ring (bicyclic) bond motifs is 3. The molecule has 0 aliphatic carbocycles. The molecule has 2 atom stereocenters. The molecule has 8 nitrogen and oxygen atoms in total. The third-order valence-corrected chi connectivity index (χ3v) is 6.79. The Morgan fingerprint density at radius 2 is 1.82 bits per heavy atom. The number of nitrogens with two attached hydrogens (primary N) is 1. The molecule has 1 aliphatic heterocycles. The van der Waals surface area contributed by atoms with Crippen molar-refractivity contribution in [3.05, 3.63) is 86.8 Å². The number of hydrogen-bond acceptors (Lipinski definition) is 5. The summed E-state index contributed by atoms with van der Waals surface area (Å²) in [5.74, 6) is -0.943. The van der Waals surface area contributed by atoms with Gasteiger partial charge in [0.2, 0.25) is 11.8 Å². The molecule has 0 fully saturated rings. The van der Waals surface area contributed by atoms with Crippen molar-refractivity contribution >= 4 is 29.1 Å². The number of pyridine rings is 1. The topological polar surface area (TPSA) is 113 Å². The number of primary amides is 1. The van der Waals surface area contributed by atoms with Crippen LogP contribution in [-0.2, 0) is 27.3 Å². The first-order valence-corrected chi connectivity index (χ1v) is 13.3. The van der Waals surface area contributed by atoms with E-state index in [2.05, 4.69) is 5.32 Å². The summed E-state index contributed by atoms with van der Waals surface area (Å²) < 4.78 is 13.4. The molecule has 2 aromatic carbocycles. The molecular formula is C30H34ClN3O5. The molecule has 0 bridgehead atoms. The van der Waals surface area contributed by atoms with E-state index in [1.807, 2.05) is 45.9 Å². The summed E-state index contributed by atoms with van der Waals surface area (Å²) in [5.41, 5.74) is 8.86. The van der Waals surface area contributed by atoms with Gasteiger partial charge in [0.25, 0.3) is 5.56 Å². The van der Waals surface area contributed by atoms with Gasteiger partial charge in [-0.1, -0.05) is 17.7 Å². The zero-order chi connectivity index (χ0) is 28.3. The van der Waals surface area contributed by atoms with E-state index in [1.54, 1.807) is 24.4 Å². The second-order valence-electron chi connectivity index (χ2n) is 10.8. The number of anilines is 1. The number of nitrogens with zero attached hydrogens (tertiary/aromatic N) is 1. The molecule has 0 saturated carbocycles. The van der Waals surface area contributed by atoms with Gasteiger partial charge in [-0.05, 0) is 87.2 Å². The van der Waals surface area contributed by atoms with Gasteiger partial charge >= 0.3 is 0 Å². The number of ether oxygens (including phenoxy) is 2. The zero-order valence-electron chi connectivity index (χ0n) is 22.6. The number of rotatable bonds is 7. The summed E-state index contributed by atoms with van der Waals surface area (Å²) in [7, 11) is 0. The second-order valence-corrected chi connectivity index (χ2v) is 11.2. The third-order valence-electron chi connectivity index (χ3n) is 6.56. The van der Waals surface area contributed by atoms with Crippen LogP contribution in [0.1, 0.15) is 61.6 Å². The molecule has 2 heterocycles. The van der Waals surface area contributed by atoms with Crippen LogP contribution in [0.4, 0.5) is 5.69 Å². The number of carbonyl (C=O) groups is 2. The molecule has 39 heavy (non-hydrogen) atoms. The maximum absolute atomic E-state index is 13.6. The molecular weight excluding hydrogens is 518 g/mol. The largest absolute Gasteiger partial charge is 0.376 e. The van der Waals surface area contributed by atoms with E-state index in [0.717, 1.165) is 22.3 Å². The van der Waals surface area contributed by atoms with Gasteiger partial charge in [0.1, 0.15) is 6.04 Å². The standard InChI is InChI=1S/C30H34ClN3O5/c1-18-13-20-5-8-22(31)14-24(20)25-15-27(35)34(16-21(25)17-38-18)26(11-12-39-30(2,3)4)29(37)33-23-9-6-19(7-10-23)28(32)36/h5-10,14-16,18,26H,11-13,17H2,1-4H3,(H2,32,36)(H,33,37). The summed E-state index contributed by atoms with van der Waals surface area (Å²) in [5, 5.41) is 3.44. The number of aromatic nitrogens is 1. The lowest BCUT2D eigenvalue weighted by molar-refractivity contribution is -0.120. The van der Waals surface area contributed by atoms with Crippen LogP contribution in [0, 0.1) is 0 Å². The van der Waals surface area contributed by atoms with Crippen LogP contribution in [0.15, 0.2) is 59.5 Å². The van der Waals surface area contributed by atoms with Crippen LogP contribution in [-0.4, -0.2) is 34.7 Å². The van der Waals surface area contributed by atoms with E-state index >= 15 is 0 Å². The molecule has 0 radical (unpaired) electrons. The summed E-state index contributed by atoms with van der Waals surface area (Å²) >= 11 is 6.33. The Hall–Kier alpha value is -3.46. The van der Waals surface area contributed by atoms with Crippen molar-refractivity contribution in [3.8, 4) is 11.1 Å². The highest BCUT2D eigenvalue weighted by Crippen LogP contribution is 2.33. The highest BCUT2D eigenvalue weighted by Gasteiger charge is 2.26. The van der Waals surface area contributed by atoms with Gasteiger partial charge in [-0.15, -0.1) is 0 Å². The van der Waals surface area contributed by atoms with Gasteiger partial charge in [0, 0.05) is 47.1 Å². The molecule has 3 aromatic rings. The quantitative estimate of drug-likeness (QED) is 0.423. The Balaban J connectivity index is 1.73. The van der Waals surface area contributed by atoms with Crippen LogP contribution >= 0.6 is 11.6 Å². The van der Waals surface area contributed by atoms with E-state index < -0.39 is 17.6 Å². The molecule has 0 saturated heterocycles. The highest BCUT2D eigenvalue weighted by molar-refractivity contribution is 6.30. The van der Waals surface area contributed by atoms with Gasteiger partial charge in [0.05, 0.1) is 18.3 Å².